The third-order valence-electron chi connectivity index (χ3n) is 5.28. The van der Waals surface area contributed by atoms with Crippen molar-refractivity contribution in [3.8, 4) is 0 Å². The summed E-state index contributed by atoms with van der Waals surface area (Å²) in [5.41, 5.74) is 3.12. The van der Waals surface area contributed by atoms with Crippen LogP contribution in [0.4, 0.5) is 5.69 Å². The fourth-order valence-electron chi connectivity index (χ4n) is 3.60. The van der Waals surface area contributed by atoms with E-state index in [9.17, 15) is 9.59 Å². The maximum atomic E-state index is 11.9. The number of Topliss-reactive ketones (excluding diaryl/α,β-unsaturated/α-hetero) is 1. The van der Waals surface area contributed by atoms with Crippen LogP contribution in [0.5, 0.6) is 0 Å². The molecule has 5 nitrogen and oxygen atoms in total. The molecule has 0 atom stereocenters. The predicted octanol–water partition coefficient (Wildman–Crippen LogP) is 3.49. The van der Waals surface area contributed by atoms with Crippen LogP contribution < -0.4 is 4.90 Å². The van der Waals surface area contributed by atoms with Crippen molar-refractivity contribution in [2.75, 3.05) is 37.6 Å². The topological polar surface area (TPSA) is 60.9 Å². The number of ketones is 1. The van der Waals surface area contributed by atoms with Crippen molar-refractivity contribution in [3.05, 3.63) is 65.7 Å². The van der Waals surface area contributed by atoms with Crippen molar-refractivity contribution in [1.29, 1.82) is 0 Å². The molecule has 0 bridgehead atoms. The van der Waals surface area contributed by atoms with Gasteiger partial charge in [0.15, 0.2) is 5.78 Å². The highest BCUT2D eigenvalue weighted by molar-refractivity contribution is 5.97. The van der Waals surface area contributed by atoms with Crippen LogP contribution in [0.25, 0.3) is 0 Å². The number of carboxylic acid groups (broad SMARTS) is 1. The third-order valence-corrected chi connectivity index (χ3v) is 5.28. The molecule has 0 saturated carbocycles. The number of benzene rings is 2. The Kier molecular flexibility index (Phi) is 7.20. The molecule has 5 heteroatoms. The number of carbonyl (C=O) groups is 2. The van der Waals surface area contributed by atoms with Crippen molar-refractivity contribution >= 4 is 17.4 Å². The molecule has 2 aromatic rings. The van der Waals surface area contributed by atoms with Gasteiger partial charge < -0.3 is 10.0 Å². The summed E-state index contributed by atoms with van der Waals surface area (Å²) in [7, 11) is 0. The van der Waals surface area contributed by atoms with Gasteiger partial charge in [0.05, 0.1) is 6.42 Å². The Balaban J connectivity index is 1.37. The summed E-state index contributed by atoms with van der Waals surface area (Å²) in [6, 6.07) is 18.2. The number of piperazine rings is 1. The number of para-hydroxylation sites is 1. The molecule has 2 aromatic carbocycles. The highest BCUT2D eigenvalue weighted by Gasteiger charge is 2.16. The Hall–Kier alpha value is -2.66. The summed E-state index contributed by atoms with van der Waals surface area (Å²) in [6.45, 7) is 5.40. The number of carbonyl (C=O) groups excluding carboxylic acids is 1. The first kappa shape index (κ1) is 20.1. The first-order chi connectivity index (χ1) is 13.6. The fraction of sp³-hybridized carbons (Fsp3) is 0.391. The number of hydrogen-bond donors (Lipinski definition) is 1. The molecule has 28 heavy (non-hydrogen) atoms. The van der Waals surface area contributed by atoms with Gasteiger partial charge in [0.1, 0.15) is 0 Å². The number of aryl methyl sites for hydroxylation is 1. The minimum atomic E-state index is -0.936. The van der Waals surface area contributed by atoms with Crippen LogP contribution in [0.1, 0.15) is 35.2 Å². The molecule has 0 spiro atoms. The number of hydrogen-bond acceptors (Lipinski definition) is 4. The van der Waals surface area contributed by atoms with Gasteiger partial charge in [0.2, 0.25) is 0 Å². The lowest BCUT2D eigenvalue weighted by Gasteiger charge is -2.36. The van der Waals surface area contributed by atoms with E-state index < -0.39 is 5.97 Å². The minimum Gasteiger partial charge on any atom is -0.481 e. The summed E-state index contributed by atoms with van der Waals surface area (Å²) in [5, 5.41) is 8.67. The number of anilines is 1. The van der Waals surface area contributed by atoms with Gasteiger partial charge in [0, 0.05) is 43.9 Å². The summed E-state index contributed by atoms with van der Waals surface area (Å²) < 4.78 is 0. The molecule has 148 valence electrons. The van der Waals surface area contributed by atoms with Crippen LogP contribution in [-0.4, -0.2) is 54.5 Å². The average Bonchev–Trinajstić information content (AvgIpc) is 2.73. The molecule has 1 saturated heterocycles. The van der Waals surface area contributed by atoms with E-state index in [1.54, 1.807) is 0 Å². The zero-order valence-corrected chi connectivity index (χ0v) is 16.2. The first-order valence-corrected chi connectivity index (χ1v) is 9.98. The Morgan fingerprint density at radius 2 is 1.54 bits per heavy atom. The van der Waals surface area contributed by atoms with Crippen molar-refractivity contribution in [3.63, 3.8) is 0 Å². The fourth-order valence-corrected chi connectivity index (χ4v) is 3.60. The molecule has 0 amide bonds. The lowest BCUT2D eigenvalue weighted by atomic mass is 10.0. The molecule has 1 aliphatic rings. The standard InChI is InChI=1S/C23H28N2O3/c26-22(12-13-23(27)28)20-10-8-19(9-11-20)5-4-14-24-15-17-25(18-16-24)21-6-2-1-3-7-21/h1-3,6-11H,4-5,12-18H2,(H,27,28). The summed E-state index contributed by atoms with van der Waals surface area (Å²) in [4.78, 5) is 27.5. The van der Waals surface area contributed by atoms with Gasteiger partial charge in [-0.25, -0.2) is 0 Å². The Morgan fingerprint density at radius 1 is 0.857 bits per heavy atom. The van der Waals surface area contributed by atoms with Gasteiger partial charge in [0.25, 0.3) is 0 Å². The number of rotatable bonds is 9. The monoisotopic (exact) mass is 380 g/mol. The predicted molar refractivity (Wildman–Crippen MR) is 111 cm³/mol. The highest BCUT2D eigenvalue weighted by atomic mass is 16.4. The Bertz CT molecular complexity index is 766. The lowest BCUT2D eigenvalue weighted by Crippen LogP contribution is -2.46. The summed E-state index contributed by atoms with van der Waals surface area (Å²) in [6.07, 6.45) is 2.03. The van der Waals surface area contributed by atoms with E-state index in [1.807, 2.05) is 24.3 Å². The van der Waals surface area contributed by atoms with Gasteiger partial charge in [-0.2, -0.15) is 0 Å². The minimum absolute atomic E-state index is 0.0592. The third kappa shape index (κ3) is 5.92. The quantitative estimate of drug-likeness (QED) is 0.675. The number of carboxylic acids is 1. The van der Waals surface area contributed by atoms with Gasteiger partial charge in [-0.15, -0.1) is 0 Å². The second-order valence-corrected chi connectivity index (χ2v) is 7.28. The van der Waals surface area contributed by atoms with Crippen LogP contribution >= 0.6 is 0 Å². The van der Waals surface area contributed by atoms with E-state index >= 15 is 0 Å². The molecular weight excluding hydrogens is 352 g/mol. The molecule has 1 heterocycles. The van der Waals surface area contributed by atoms with Gasteiger partial charge in [-0.3, -0.25) is 14.5 Å². The van der Waals surface area contributed by atoms with Crippen molar-refractivity contribution in [1.82, 2.24) is 4.90 Å². The second kappa shape index (κ2) is 10.0. The lowest BCUT2D eigenvalue weighted by molar-refractivity contribution is -0.136. The molecule has 1 aliphatic heterocycles. The molecule has 1 fully saturated rings. The Morgan fingerprint density at radius 3 is 2.18 bits per heavy atom. The van der Waals surface area contributed by atoms with Crippen LogP contribution in [-0.2, 0) is 11.2 Å². The van der Waals surface area contributed by atoms with Crippen LogP contribution in [0.2, 0.25) is 0 Å². The molecular formula is C23H28N2O3. The van der Waals surface area contributed by atoms with Gasteiger partial charge >= 0.3 is 5.97 Å². The number of nitrogens with zero attached hydrogens (tertiary/aromatic N) is 2. The second-order valence-electron chi connectivity index (χ2n) is 7.28. The van der Waals surface area contributed by atoms with Crippen molar-refractivity contribution in [2.24, 2.45) is 0 Å². The van der Waals surface area contributed by atoms with Gasteiger partial charge in [-0.05, 0) is 37.1 Å². The van der Waals surface area contributed by atoms with E-state index in [0.29, 0.717) is 5.56 Å². The van der Waals surface area contributed by atoms with E-state index in [2.05, 4.69) is 40.1 Å². The van der Waals surface area contributed by atoms with E-state index in [1.165, 1.54) is 11.3 Å². The van der Waals surface area contributed by atoms with Crippen molar-refractivity contribution in [2.45, 2.75) is 25.7 Å². The van der Waals surface area contributed by atoms with Gasteiger partial charge in [-0.1, -0.05) is 42.5 Å². The summed E-state index contributed by atoms with van der Waals surface area (Å²) in [5.74, 6) is -1.04. The van der Waals surface area contributed by atoms with E-state index in [-0.39, 0.29) is 18.6 Å². The zero-order chi connectivity index (χ0) is 19.8. The largest absolute Gasteiger partial charge is 0.481 e. The molecule has 1 N–H and O–H groups in total. The molecule has 0 unspecified atom stereocenters. The maximum absolute atomic E-state index is 11.9. The van der Waals surface area contributed by atoms with Crippen LogP contribution in [0, 0.1) is 0 Å². The van der Waals surface area contributed by atoms with E-state index in [4.69, 9.17) is 5.11 Å². The molecule has 3 rings (SSSR count). The molecule has 0 radical (unpaired) electrons. The van der Waals surface area contributed by atoms with Crippen LogP contribution in [0.15, 0.2) is 54.6 Å². The van der Waals surface area contributed by atoms with E-state index in [0.717, 1.165) is 45.6 Å². The normalized spacial score (nSPS) is 14.8. The smallest absolute Gasteiger partial charge is 0.303 e. The summed E-state index contributed by atoms with van der Waals surface area (Å²) >= 11 is 0. The molecule has 0 aliphatic carbocycles. The number of aliphatic carboxylic acids is 1. The zero-order valence-electron chi connectivity index (χ0n) is 16.2. The highest BCUT2D eigenvalue weighted by Crippen LogP contribution is 2.16. The van der Waals surface area contributed by atoms with Crippen LogP contribution in [0.3, 0.4) is 0 Å². The Labute approximate surface area is 166 Å². The SMILES string of the molecule is O=C(O)CCC(=O)c1ccc(CCCN2CCN(c3ccccc3)CC2)cc1. The maximum Gasteiger partial charge on any atom is 0.303 e. The van der Waals surface area contributed by atoms with Crippen molar-refractivity contribution < 1.29 is 14.7 Å². The molecule has 0 aromatic heterocycles. The first-order valence-electron chi connectivity index (χ1n) is 9.98. The average molecular weight is 380 g/mol.